The van der Waals surface area contributed by atoms with E-state index >= 15 is 0 Å². The average Bonchev–Trinajstić information content (AvgIpc) is 3.26. The molecule has 1 fully saturated rings. The Labute approximate surface area is 163 Å². The van der Waals surface area contributed by atoms with Gasteiger partial charge in [-0.2, -0.15) is 0 Å². The molecule has 1 saturated heterocycles. The Morgan fingerprint density at radius 1 is 1.00 bits per heavy atom. The number of rotatable bonds is 6. The molecular formula is C23H22O5. The molecule has 1 heterocycles. The lowest BCUT2D eigenvalue weighted by molar-refractivity contribution is -0.137. The van der Waals surface area contributed by atoms with Crippen LogP contribution in [0.1, 0.15) is 40.9 Å². The highest BCUT2D eigenvalue weighted by molar-refractivity contribution is 5.83. The lowest BCUT2D eigenvalue weighted by atomic mass is 9.84. The van der Waals surface area contributed by atoms with Crippen LogP contribution < -0.4 is 0 Å². The maximum absolute atomic E-state index is 11.7. The Morgan fingerprint density at radius 3 is 2.46 bits per heavy atom. The van der Waals surface area contributed by atoms with Gasteiger partial charge >= 0.3 is 5.97 Å². The van der Waals surface area contributed by atoms with Crippen LogP contribution >= 0.6 is 0 Å². The van der Waals surface area contributed by atoms with Crippen molar-refractivity contribution in [2.45, 2.75) is 25.2 Å². The van der Waals surface area contributed by atoms with Gasteiger partial charge in [-0.25, -0.2) is 0 Å². The van der Waals surface area contributed by atoms with E-state index in [2.05, 4.69) is 0 Å². The van der Waals surface area contributed by atoms with Gasteiger partial charge in [0.25, 0.3) is 0 Å². The molecular weight excluding hydrogens is 356 g/mol. The lowest BCUT2D eigenvalue weighted by Gasteiger charge is -2.23. The third kappa shape index (κ3) is 3.78. The van der Waals surface area contributed by atoms with E-state index in [0.717, 1.165) is 33.0 Å². The number of fused-ring (bicyclic) bond motifs is 1. The molecule has 0 aromatic heterocycles. The maximum atomic E-state index is 11.7. The van der Waals surface area contributed by atoms with E-state index in [1.54, 1.807) is 0 Å². The summed E-state index contributed by atoms with van der Waals surface area (Å²) in [6.45, 7) is 0.889. The maximum Gasteiger partial charge on any atom is 0.304 e. The topological polar surface area (TPSA) is 76.0 Å². The van der Waals surface area contributed by atoms with Gasteiger partial charge in [0.05, 0.1) is 26.2 Å². The van der Waals surface area contributed by atoms with Crippen LogP contribution in [0.4, 0.5) is 0 Å². The molecule has 0 bridgehead atoms. The van der Waals surface area contributed by atoms with Gasteiger partial charge < -0.3 is 19.7 Å². The number of hydrogen-bond donors (Lipinski definition) is 2. The van der Waals surface area contributed by atoms with Crippen molar-refractivity contribution in [1.29, 1.82) is 0 Å². The summed E-state index contributed by atoms with van der Waals surface area (Å²) >= 11 is 0. The van der Waals surface area contributed by atoms with E-state index in [0.29, 0.717) is 13.2 Å². The molecule has 4 rings (SSSR count). The van der Waals surface area contributed by atoms with Crippen molar-refractivity contribution in [2.24, 2.45) is 0 Å². The number of benzene rings is 3. The third-order valence-electron chi connectivity index (χ3n) is 5.14. The van der Waals surface area contributed by atoms with Crippen molar-refractivity contribution in [3.8, 4) is 0 Å². The molecule has 5 nitrogen and oxygen atoms in total. The molecule has 0 spiro atoms. The number of carboxylic acids is 1. The molecule has 1 aliphatic heterocycles. The number of carbonyl (C=O) groups is 1. The number of hydrogen-bond acceptors (Lipinski definition) is 4. The highest BCUT2D eigenvalue weighted by atomic mass is 16.7. The number of aliphatic hydroxyl groups is 1. The molecule has 3 aromatic carbocycles. The Balaban J connectivity index is 1.83. The Kier molecular flexibility index (Phi) is 5.39. The quantitative estimate of drug-likeness (QED) is 0.678. The van der Waals surface area contributed by atoms with Gasteiger partial charge in [0.1, 0.15) is 0 Å². The molecule has 0 saturated carbocycles. The number of ether oxygens (including phenoxy) is 2. The minimum Gasteiger partial charge on any atom is -0.481 e. The largest absolute Gasteiger partial charge is 0.481 e. The van der Waals surface area contributed by atoms with Gasteiger partial charge in [-0.15, -0.1) is 0 Å². The van der Waals surface area contributed by atoms with Crippen LogP contribution in [0.25, 0.3) is 10.8 Å². The van der Waals surface area contributed by atoms with Crippen molar-refractivity contribution >= 4 is 16.7 Å². The first-order valence-corrected chi connectivity index (χ1v) is 9.33. The third-order valence-corrected chi connectivity index (χ3v) is 5.14. The Morgan fingerprint density at radius 2 is 1.75 bits per heavy atom. The normalized spacial score (nSPS) is 15.8. The molecule has 0 amide bonds. The van der Waals surface area contributed by atoms with E-state index in [4.69, 9.17) is 9.47 Å². The fourth-order valence-corrected chi connectivity index (χ4v) is 3.79. The van der Waals surface area contributed by atoms with Crippen LogP contribution in [0.15, 0.2) is 60.7 Å². The van der Waals surface area contributed by atoms with Crippen molar-refractivity contribution < 1.29 is 24.5 Å². The van der Waals surface area contributed by atoms with E-state index in [-0.39, 0.29) is 18.9 Å². The second kappa shape index (κ2) is 8.10. The first kappa shape index (κ1) is 18.6. The van der Waals surface area contributed by atoms with Crippen LogP contribution in [0.5, 0.6) is 0 Å². The number of carboxylic acid groups (broad SMARTS) is 1. The number of aliphatic hydroxyl groups excluding tert-OH is 1. The summed E-state index contributed by atoms with van der Waals surface area (Å²) in [5, 5.41) is 21.3. The van der Waals surface area contributed by atoms with Crippen LogP contribution in [-0.2, 0) is 20.9 Å². The summed E-state index contributed by atoms with van der Waals surface area (Å²) in [6, 6.07) is 19.6. The van der Waals surface area contributed by atoms with Gasteiger partial charge in [0, 0.05) is 11.5 Å². The molecule has 0 unspecified atom stereocenters. The van der Waals surface area contributed by atoms with Crippen molar-refractivity contribution in [1.82, 2.24) is 0 Å². The molecule has 3 aromatic rings. The highest BCUT2D eigenvalue weighted by Gasteiger charge is 2.27. The molecule has 2 N–H and O–H groups in total. The molecule has 1 aliphatic rings. The second-order valence-electron chi connectivity index (χ2n) is 6.95. The van der Waals surface area contributed by atoms with Crippen LogP contribution in [-0.4, -0.2) is 29.4 Å². The van der Waals surface area contributed by atoms with Crippen molar-refractivity contribution in [3.05, 3.63) is 82.9 Å². The average molecular weight is 378 g/mol. The van der Waals surface area contributed by atoms with Crippen molar-refractivity contribution in [2.75, 3.05) is 13.2 Å². The first-order valence-electron chi connectivity index (χ1n) is 9.33. The van der Waals surface area contributed by atoms with Gasteiger partial charge in [0.2, 0.25) is 0 Å². The SMILES string of the molecule is O=C(O)C[C@@H](c1ccc2ccccc2c1)c1ccc(CO)cc1C1OCCO1. The summed E-state index contributed by atoms with van der Waals surface area (Å²) in [5.41, 5.74) is 3.30. The molecule has 1 atom stereocenters. The minimum atomic E-state index is -0.872. The van der Waals surface area contributed by atoms with E-state index in [1.807, 2.05) is 60.7 Å². The zero-order chi connectivity index (χ0) is 19.5. The predicted molar refractivity (Wildman–Crippen MR) is 105 cm³/mol. The molecule has 5 heteroatoms. The fraction of sp³-hybridized carbons (Fsp3) is 0.261. The summed E-state index contributed by atoms with van der Waals surface area (Å²) in [6.07, 6.45) is -0.588. The Bertz CT molecular complexity index is 991. The highest BCUT2D eigenvalue weighted by Crippen LogP contribution is 2.37. The van der Waals surface area contributed by atoms with Crippen LogP contribution in [0, 0.1) is 0 Å². The Hall–Kier alpha value is -2.73. The molecule has 28 heavy (non-hydrogen) atoms. The van der Waals surface area contributed by atoms with E-state index < -0.39 is 12.3 Å². The zero-order valence-corrected chi connectivity index (χ0v) is 15.4. The fourth-order valence-electron chi connectivity index (χ4n) is 3.79. The summed E-state index contributed by atoms with van der Waals surface area (Å²) in [4.78, 5) is 11.7. The minimum absolute atomic E-state index is 0.0451. The number of aliphatic carboxylic acids is 1. The smallest absolute Gasteiger partial charge is 0.304 e. The summed E-state index contributed by atoms with van der Waals surface area (Å²) < 4.78 is 11.4. The van der Waals surface area contributed by atoms with Gasteiger partial charge in [-0.3, -0.25) is 4.79 Å². The van der Waals surface area contributed by atoms with Gasteiger partial charge in [-0.05, 0) is 33.5 Å². The van der Waals surface area contributed by atoms with Crippen molar-refractivity contribution in [3.63, 3.8) is 0 Å². The standard InChI is InChI=1S/C23H22O5/c24-14-15-5-8-19(21(11-15)23-27-9-10-28-23)20(13-22(25)26)18-7-6-16-3-1-2-4-17(16)12-18/h1-8,11-12,20,23-24H,9-10,13-14H2,(H,25,26)/t20-/m0/s1. The second-order valence-corrected chi connectivity index (χ2v) is 6.95. The van der Waals surface area contributed by atoms with E-state index in [9.17, 15) is 15.0 Å². The monoisotopic (exact) mass is 378 g/mol. The molecule has 0 aliphatic carbocycles. The summed E-state index contributed by atoms with van der Waals surface area (Å²) in [5.74, 6) is -1.22. The van der Waals surface area contributed by atoms with E-state index in [1.165, 1.54) is 0 Å². The summed E-state index contributed by atoms with van der Waals surface area (Å²) in [7, 11) is 0. The van der Waals surface area contributed by atoms with Crippen LogP contribution in [0.3, 0.4) is 0 Å². The molecule has 144 valence electrons. The zero-order valence-electron chi connectivity index (χ0n) is 15.4. The predicted octanol–water partition coefficient (Wildman–Crippen LogP) is 3.98. The van der Waals surface area contributed by atoms with Gasteiger partial charge in [-0.1, -0.05) is 54.6 Å². The lowest BCUT2D eigenvalue weighted by Crippen LogP contribution is -2.13. The first-order chi connectivity index (χ1) is 13.7. The van der Waals surface area contributed by atoms with Crippen LogP contribution in [0.2, 0.25) is 0 Å². The molecule has 0 radical (unpaired) electrons. The van der Waals surface area contributed by atoms with Gasteiger partial charge in [0.15, 0.2) is 6.29 Å².